The Labute approximate surface area is 83.7 Å². The van der Waals surface area contributed by atoms with Crippen LogP contribution in [0.25, 0.3) is 0 Å². The van der Waals surface area contributed by atoms with Crippen molar-refractivity contribution >= 4 is 21.9 Å². The summed E-state index contributed by atoms with van der Waals surface area (Å²) >= 11 is 3.12. The van der Waals surface area contributed by atoms with Crippen LogP contribution in [0.2, 0.25) is 0 Å². The first-order chi connectivity index (χ1) is 6.06. The number of aryl methyl sites for hydroxylation is 1. The van der Waals surface area contributed by atoms with Crippen LogP contribution >= 0.6 is 15.9 Å². The fraction of sp³-hybridized carbons (Fsp3) is 0.111. The fourth-order valence-electron chi connectivity index (χ4n) is 0.957. The average Bonchev–Trinajstić information content (AvgIpc) is 2.03. The van der Waals surface area contributed by atoms with Crippen LogP contribution in [-0.2, 0) is 0 Å². The minimum absolute atomic E-state index is 0.113. The van der Waals surface area contributed by atoms with Gasteiger partial charge in [-0.15, -0.1) is 0 Å². The zero-order chi connectivity index (χ0) is 10.0. The van der Waals surface area contributed by atoms with E-state index in [1.807, 2.05) is 6.07 Å². The van der Waals surface area contributed by atoms with Crippen molar-refractivity contribution in [2.45, 2.75) is 6.92 Å². The Kier molecular flexibility index (Phi) is 2.69. The third-order valence-corrected chi connectivity index (χ3v) is 2.32. The van der Waals surface area contributed by atoms with Crippen LogP contribution in [0, 0.1) is 18.3 Å². The molecule has 0 aliphatic carbocycles. The molecule has 3 nitrogen and oxygen atoms in total. The molecule has 66 valence electrons. The minimum Gasteiger partial charge on any atom is -0.478 e. The molecule has 0 saturated heterocycles. The summed E-state index contributed by atoms with van der Waals surface area (Å²) in [5.41, 5.74) is 1.27. The number of carboxylic acids is 1. The number of nitriles is 1. The van der Waals surface area contributed by atoms with Crippen molar-refractivity contribution in [2.24, 2.45) is 0 Å². The fourth-order valence-corrected chi connectivity index (χ4v) is 1.58. The summed E-state index contributed by atoms with van der Waals surface area (Å²) in [6.45, 7) is 1.76. The van der Waals surface area contributed by atoms with Gasteiger partial charge in [-0.05, 0) is 40.5 Å². The molecule has 0 atom stereocenters. The summed E-state index contributed by atoms with van der Waals surface area (Å²) < 4.78 is 0.497. The molecular formula is C9H6BrNO2. The highest BCUT2D eigenvalue weighted by Gasteiger charge is 2.10. The van der Waals surface area contributed by atoms with Gasteiger partial charge in [0.1, 0.15) is 0 Å². The molecule has 1 N–H and O–H groups in total. The molecule has 1 aromatic rings. The highest BCUT2D eigenvalue weighted by Crippen LogP contribution is 2.21. The van der Waals surface area contributed by atoms with Gasteiger partial charge in [0.05, 0.1) is 17.2 Å². The third kappa shape index (κ3) is 1.87. The normalized spacial score (nSPS) is 9.31. The lowest BCUT2D eigenvalue weighted by Gasteiger charge is -2.02. The van der Waals surface area contributed by atoms with Crippen LogP contribution in [-0.4, -0.2) is 11.1 Å². The quantitative estimate of drug-likeness (QED) is 0.819. The highest BCUT2D eigenvalue weighted by atomic mass is 79.9. The molecule has 0 radical (unpaired) electrons. The minimum atomic E-state index is -1.04. The van der Waals surface area contributed by atoms with Crippen molar-refractivity contribution in [1.82, 2.24) is 0 Å². The Morgan fingerprint density at radius 3 is 2.69 bits per heavy atom. The maximum absolute atomic E-state index is 10.7. The molecular weight excluding hydrogens is 234 g/mol. The Morgan fingerprint density at radius 2 is 2.23 bits per heavy atom. The molecule has 0 aliphatic heterocycles. The van der Waals surface area contributed by atoms with E-state index in [2.05, 4.69) is 15.9 Å². The smallest absolute Gasteiger partial charge is 0.336 e. The average molecular weight is 240 g/mol. The predicted molar refractivity (Wildman–Crippen MR) is 50.6 cm³/mol. The van der Waals surface area contributed by atoms with Gasteiger partial charge in [-0.25, -0.2) is 4.79 Å². The number of carbonyl (C=O) groups is 1. The zero-order valence-electron chi connectivity index (χ0n) is 6.84. The molecule has 0 spiro atoms. The van der Waals surface area contributed by atoms with E-state index in [-0.39, 0.29) is 5.56 Å². The van der Waals surface area contributed by atoms with Crippen molar-refractivity contribution in [3.63, 3.8) is 0 Å². The summed E-state index contributed by atoms with van der Waals surface area (Å²) in [6, 6.07) is 4.92. The van der Waals surface area contributed by atoms with E-state index >= 15 is 0 Å². The number of carboxylic acid groups (broad SMARTS) is 1. The van der Waals surface area contributed by atoms with Crippen LogP contribution in [0.15, 0.2) is 16.6 Å². The number of rotatable bonds is 1. The Balaban J connectivity index is 3.41. The molecule has 4 heteroatoms. The first kappa shape index (κ1) is 9.75. The molecule has 0 aromatic heterocycles. The van der Waals surface area contributed by atoms with Gasteiger partial charge in [-0.3, -0.25) is 0 Å². The van der Waals surface area contributed by atoms with Crippen molar-refractivity contribution in [1.29, 1.82) is 5.26 Å². The molecule has 0 bridgehead atoms. The second kappa shape index (κ2) is 3.58. The van der Waals surface area contributed by atoms with Crippen LogP contribution in [0.4, 0.5) is 0 Å². The van der Waals surface area contributed by atoms with Gasteiger partial charge in [0.25, 0.3) is 0 Å². The van der Waals surface area contributed by atoms with Crippen molar-refractivity contribution in [2.75, 3.05) is 0 Å². The van der Waals surface area contributed by atoms with Crippen LogP contribution in [0.3, 0.4) is 0 Å². The molecule has 1 aromatic carbocycles. The molecule has 0 saturated carbocycles. The second-order valence-electron chi connectivity index (χ2n) is 2.56. The van der Waals surface area contributed by atoms with E-state index in [1.165, 1.54) is 6.07 Å². The lowest BCUT2D eigenvalue weighted by molar-refractivity contribution is 0.0696. The number of aromatic carboxylic acids is 1. The number of hydrogen-bond acceptors (Lipinski definition) is 2. The van der Waals surface area contributed by atoms with E-state index in [1.54, 1.807) is 13.0 Å². The van der Waals surface area contributed by atoms with E-state index in [9.17, 15) is 4.79 Å². The molecule has 0 unspecified atom stereocenters. The lowest BCUT2D eigenvalue weighted by Crippen LogP contribution is -1.99. The Hall–Kier alpha value is -1.34. The molecule has 1 rings (SSSR count). The summed E-state index contributed by atoms with van der Waals surface area (Å²) in [7, 11) is 0. The van der Waals surface area contributed by atoms with Gasteiger partial charge >= 0.3 is 5.97 Å². The zero-order valence-corrected chi connectivity index (χ0v) is 8.42. The van der Waals surface area contributed by atoms with Crippen molar-refractivity contribution in [3.8, 4) is 6.07 Å². The summed E-state index contributed by atoms with van der Waals surface area (Å²) in [5.74, 6) is -1.04. The molecule has 0 fully saturated rings. The van der Waals surface area contributed by atoms with Gasteiger partial charge in [0, 0.05) is 4.47 Å². The van der Waals surface area contributed by atoms with Gasteiger partial charge in [-0.1, -0.05) is 0 Å². The highest BCUT2D eigenvalue weighted by molar-refractivity contribution is 9.10. The Morgan fingerprint density at radius 1 is 1.62 bits per heavy atom. The predicted octanol–water partition coefficient (Wildman–Crippen LogP) is 2.33. The summed E-state index contributed by atoms with van der Waals surface area (Å²) in [4.78, 5) is 10.7. The first-order valence-corrected chi connectivity index (χ1v) is 4.29. The largest absolute Gasteiger partial charge is 0.478 e. The van der Waals surface area contributed by atoms with E-state index < -0.39 is 5.97 Å². The summed E-state index contributed by atoms with van der Waals surface area (Å²) in [5, 5.41) is 17.4. The van der Waals surface area contributed by atoms with Gasteiger partial charge in [-0.2, -0.15) is 5.26 Å². The second-order valence-corrected chi connectivity index (χ2v) is 3.42. The molecule has 0 amide bonds. The van der Waals surface area contributed by atoms with Crippen molar-refractivity contribution < 1.29 is 9.90 Å². The molecule has 0 aliphatic rings. The van der Waals surface area contributed by atoms with E-state index in [4.69, 9.17) is 10.4 Å². The van der Waals surface area contributed by atoms with E-state index in [0.29, 0.717) is 10.0 Å². The monoisotopic (exact) mass is 239 g/mol. The van der Waals surface area contributed by atoms with E-state index in [0.717, 1.165) is 5.56 Å². The maximum atomic E-state index is 10.7. The standard InChI is InChI=1S/C9H6BrNO2/c1-5-2-8(10)7(9(12)13)3-6(5)4-11/h2-3H,1H3,(H,12,13). The maximum Gasteiger partial charge on any atom is 0.336 e. The van der Waals surface area contributed by atoms with Gasteiger partial charge < -0.3 is 5.11 Å². The number of hydrogen-bond donors (Lipinski definition) is 1. The van der Waals surface area contributed by atoms with Crippen LogP contribution in [0.5, 0.6) is 0 Å². The lowest BCUT2D eigenvalue weighted by atomic mass is 10.1. The molecule has 0 heterocycles. The third-order valence-electron chi connectivity index (χ3n) is 1.66. The summed E-state index contributed by atoms with van der Waals surface area (Å²) in [6.07, 6.45) is 0. The van der Waals surface area contributed by atoms with Crippen LogP contribution < -0.4 is 0 Å². The van der Waals surface area contributed by atoms with Gasteiger partial charge in [0.15, 0.2) is 0 Å². The number of halogens is 1. The topological polar surface area (TPSA) is 61.1 Å². The SMILES string of the molecule is Cc1cc(Br)c(C(=O)O)cc1C#N. The number of nitrogens with zero attached hydrogens (tertiary/aromatic N) is 1. The number of benzene rings is 1. The first-order valence-electron chi connectivity index (χ1n) is 3.50. The van der Waals surface area contributed by atoms with Gasteiger partial charge in [0.2, 0.25) is 0 Å². The van der Waals surface area contributed by atoms with Crippen LogP contribution in [0.1, 0.15) is 21.5 Å². The van der Waals surface area contributed by atoms with Crippen molar-refractivity contribution in [3.05, 3.63) is 33.3 Å². The Bertz CT molecular complexity index is 407. The molecule has 13 heavy (non-hydrogen) atoms.